The van der Waals surface area contributed by atoms with Crippen LogP contribution in [0.25, 0.3) is 10.2 Å². The minimum atomic E-state index is -0.231. The van der Waals surface area contributed by atoms with Crippen molar-refractivity contribution >= 4 is 50.1 Å². The number of hydrogen-bond acceptors (Lipinski definition) is 5. The van der Waals surface area contributed by atoms with Crippen LogP contribution in [0.1, 0.15) is 36.7 Å². The summed E-state index contributed by atoms with van der Waals surface area (Å²) in [5, 5.41) is 4.40. The highest BCUT2D eigenvalue weighted by atomic mass is 35.5. The maximum absolute atomic E-state index is 12.6. The van der Waals surface area contributed by atoms with Gasteiger partial charge < -0.3 is 15.1 Å². The molecule has 1 N–H and O–H groups in total. The molecule has 8 heteroatoms. The van der Waals surface area contributed by atoms with E-state index in [1.165, 1.54) is 5.56 Å². The van der Waals surface area contributed by atoms with E-state index in [-0.39, 0.29) is 23.8 Å². The maximum Gasteiger partial charge on any atom is 0.251 e. The topological polar surface area (TPSA) is 65.5 Å². The van der Waals surface area contributed by atoms with E-state index in [4.69, 9.17) is 11.6 Å². The predicted molar refractivity (Wildman–Crippen MR) is 131 cm³/mol. The van der Waals surface area contributed by atoms with Crippen molar-refractivity contribution in [3.8, 4) is 0 Å². The van der Waals surface area contributed by atoms with Crippen LogP contribution in [0.4, 0.5) is 5.13 Å². The third kappa shape index (κ3) is 5.05. The molecule has 0 saturated carbocycles. The van der Waals surface area contributed by atoms with Crippen molar-refractivity contribution in [1.29, 1.82) is 0 Å². The molecular formula is C24H27ClN4O2S. The molecule has 0 spiro atoms. The number of piperazine rings is 1. The average Bonchev–Trinajstić information content (AvgIpc) is 3.20. The molecule has 1 aromatic heterocycles. The summed E-state index contributed by atoms with van der Waals surface area (Å²) in [5.74, 6) is -0.300. The molecule has 1 fully saturated rings. The van der Waals surface area contributed by atoms with E-state index < -0.39 is 0 Å². The van der Waals surface area contributed by atoms with Gasteiger partial charge in [-0.25, -0.2) is 4.98 Å². The molecule has 0 atom stereocenters. The van der Waals surface area contributed by atoms with Gasteiger partial charge in [-0.3, -0.25) is 9.59 Å². The van der Waals surface area contributed by atoms with Gasteiger partial charge in [-0.05, 0) is 41.3 Å². The second kappa shape index (κ2) is 9.08. The van der Waals surface area contributed by atoms with Gasteiger partial charge in [0, 0.05) is 36.8 Å². The normalized spacial score (nSPS) is 14.6. The fraction of sp³-hybridized carbons (Fsp3) is 0.375. The van der Waals surface area contributed by atoms with E-state index in [1.807, 2.05) is 42.5 Å². The molecule has 4 rings (SSSR count). The number of nitrogens with one attached hydrogen (secondary N) is 1. The van der Waals surface area contributed by atoms with Crippen molar-refractivity contribution in [2.24, 2.45) is 0 Å². The zero-order valence-electron chi connectivity index (χ0n) is 18.5. The first-order valence-electron chi connectivity index (χ1n) is 10.7. The van der Waals surface area contributed by atoms with Crippen LogP contribution in [0.5, 0.6) is 0 Å². The van der Waals surface area contributed by atoms with Crippen LogP contribution in [-0.2, 0) is 10.2 Å². The Balaban J connectivity index is 1.28. The molecule has 168 valence electrons. The van der Waals surface area contributed by atoms with Crippen LogP contribution < -0.4 is 10.2 Å². The zero-order chi connectivity index (χ0) is 22.9. The van der Waals surface area contributed by atoms with Crippen LogP contribution >= 0.6 is 22.9 Å². The number of amides is 2. The molecule has 1 aliphatic rings. The number of carbonyl (C=O) groups excluding carboxylic acids is 2. The molecule has 32 heavy (non-hydrogen) atoms. The van der Waals surface area contributed by atoms with E-state index in [0.717, 1.165) is 15.3 Å². The van der Waals surface area contributed by atoms with E-state index in [9.17, 15) is 9.59 Å². The van der Waals surface area contributed by atoms with Gasteiger partial charge in [0.2, 0.25) is 5.91 Å². The molecule has 2 heterocycles. The van der Waals surface area contributed by atoms with Gasteiger partial charge >= 0.3 is 0 Å². The second-order valence-corrected chi connectivity index (χ2v) is 10.4. The summed E-state index contributed by atoms with van der Waals surface area (Å²) < 4.78 is 1.06. The molecule has 2 aromatic carbocycles. The molecule has 1 aliphatic heterocycles. The number of benzene rings is 2. The quantitative estimate of drug-likeness (QED) is 0.616. The highest BCUT2D eigenvalue weighted by molar-refractivity contribution is 7.22. The fourth-order valence-corrected chi connectivity index (χ4v) is 4.95. The Bertz CT molecular complexity index is 1130. The number of fused-ring (bicyclic) bond motifs is 1. The molecule has 6 nitrogen and oxygen atoms in total. The number of thiazole rings is 1. The number of hydrogen-bond donors (Lipinski definition) is 1. The molecule has 0 aliphatic carbocycles. The van der Waals surface area contributed by atoms with Crippen LogP contribution in [-0.4, -0.2) is 54.4 Å². The van der Waals surface area contributed by atoms with Gasteiger partial charge in [-0.2, -0.15) is 0 Å². The Morgan fingerprint density at radius 3 is 2.41 bits per heavy atom. The lowest BCUT2D eigenvalue weighted by atomic mass is 9.87. The third-order valence-electron chi connectivity index (χ3n) is 5.66. The van der Waals surface area contributed by atoms with Gasteiger partial charge in [-0.1, -0.05) is 55.8 Å². The Hall–Kier alpha value is -2.64. The van der Waals surface area contributed by atoms with Crippen LogP contribution in [0, 0.1) is 0 Å². The van der Waals surface area contributed by atoms with Gasteiger partial charge in [-0.15, -0.1) is 0 Å². The molecule has 1 saturated heterocycles. The molecule has 3 aromatic rings. The van der Waals surface area contributed by atoms with Gasteiger partial charge in [0.1, 0.15) is 0 Å². The number of halogens is 1. The first kappa shape index (κ1) is 22.6. The highest BCUT2D eigenvalue weighted by Crippen LogP contribution is 2.31. The molecular weight excluding hydrogens is 444 g/mol. The number of nitrogens with zero attached hydrogens (tertiary/aromatic N) is 3. The Morgan fingerprint density at radius 1 is 1.06 bits per heavy atom. The fourth-order valence-electron chi connectivity index (χ4n) is 3.66. The largest absolute Gasteiger partial charge is 0.345 e. The zero-order valence-corrected chi connectivity index (χ0v) is 20.1. The van der Waals surface area contributed by atoms with Crippen molar-refractivity contribution in [2.75, 3.05) is 37.6 Å². The molecule has 0 bridgehead atoms. The predicted octanol–water partition coefficient (Wildman–Crippen LogP) is 4.33. The van der Waals surface area contributed by atoms with Crippen molar-refractivity contribution in [1.82, 2.24) is 15.2 Å². The summed E-state index contributed by atoms with van der Waals surface area (Å²) in [6.07, 6.45) is 0. The summed E-state index contributed by atoms with van der Waals surface area (Å²) in [6, 6.07) is 13.2. The number of carbonyl (C=O) groups is 2. The lowest BCUT2D eigenvalue weighted by molar-refractivity contribution is -0.130. The van der Waals surface area contributed by atoms with Crippen molar-refractivity contribution in [3.05, 3.63) is 58.6 Å². The Labute approximate surface area is 197 Å². The van der Waals surface area contributed by atoms with E-state index in [2.05, 4.69) is 36.0 Å². The Kier molecular flexibility index (Phi) is 6.40. The van der Waals surface area contributed by atoms with E-state index in [1.54, 1.807) is 16.2 Å². The van der Waals surface area contributed by atoms with Crippen LogP contribution in [0.2, 0.25) is 5.02 Å². The maximum atomic E-state index is 12.6. The minimum Gasteiger partial charge on any atom is -0.345 e. The van der Waals surface area contributed by atoms with Crippen LogP contribution in [0.3, 0.4) is 0 Å². The second-order valence-electron chi connectivity index (χ2n) is 8.99. The van der Waals surface area contributed by atoms with Crippen LogP contribution in [0.15, 0.2) is 42.5 Å². The SMILES string of the molecule is CC(C)(C)c1ccc(C(=O)NCC(=O)N2CCN(c3nc4ccc(Cl)cc4s3)CC2)cc1. The third-order valence-corrected chi connectivity index (χ3v) is 6.97. The van der Waals surface area contributed by atoms with E-state index in [0.29, 0.717) is 36.8 Å². The number of anilines is 1. The first-order valence-corrected chi connectivity index (χ1v) is 11.9. The molecule has 2 amide bonds. The van der Waals surface area contributed by atoms with Crippen molar-refractivity contribution < 1.29 is 9.59 Å². The van der Waals surface area contributed by atoms with Gasteiger partial charge in [0.15, 0.2) is 5.13 Å². The summed E-state index contributed by atoms with van der Waals surface area (Å²) in [5.41, 5.74) is 2.70. The number of aromatic nitrogens is 1. The number of rotatable bonds is 4. The lowest BCUT2D eigenvalue weighted by Gasteiger charge is -2.34. The highest BCUT2D eigenvalue weighted by Gasteiger charge is 2.23. The summed E-state index contributed by atoms with van der Waals surface area (Å²) in [6.45, 7) is 9.02. The minimum absolute atomic E-state index is 0.000504. The summed E-state index contributed by atoms with van der Waals surface area (Å²) in [7, 11) is 0. The van der Waals surface area contributed by atoms with Crippen molar-refractivity contribution in [2.45, 2.75) is 26.2 Å². The van der Waals surface area contributed by atoms with Gasteiger partial charge in [0.25, 0.3) is 5.91 Å². The first-order chi connectivity index (χ1) is 15.2. The summed E-state index contributed by atoms with van der Waals surface area (Å²) in [4.78, 5) is 33.7. The molecule has 0 unspecified atom stereocenters. The standard InChI is InChI=1S/C24H27ClN4O2S/c1-24(2,3)17-6-4-16(5-7-17)22(31)26-15-21(30)28-10-12-29(13-11-28)23-27-19-9-8-18(25)14-20(19)32-23/h4-9,14H,10-13,15H2,1-3H3,(H,26,31). The Morgan fingerprint density at radius 2 is 1.75 bits per heavy atom. The smallest absolute Gasteiger partial charge is 0.251 e. The monoisotopic (exact) mass is 470 g/mol. The molecule has 0 radical (unpaired) electrons. The van der Waals surface area contributed by atoms with Crippen molar-refractivity contribution in [3.63, 3.8) is 0 Å². The average molecular weight is 471 g/mol. The van der Waals surface area contributed by atoms with Gasteiger partial charge in [0.05, 0.1) is 16.8 Å². The summed E-state index contributed by atoms with van der Waals surface area (Å²) >= 11 is 7.69. The van der Waals surface area contributed by atoms with E-state index >= 15 is 0 Å². The lowest BCUT2D eigenvalue weighted by Crippen LogP contribution is -2.51.